The first-order valence-electron chi connectivity index (χ1n) is 19.8. The molecule has 0 aliphatic heterocycles. The van der Waals surface area contributed by atoms with Gasteiger partial charge in [0.1, 0.15) is 0 Å². The Hall–Kier alpha value is -7.21. The van der Waals surface area contributed by atoms with Crippen LogP contribution in [-0.2, 0) is 9.47 Å². The normalized spacial score (nSPS) is 11.2. The second-order valence-corrected chi connectivity index (χ2v) is 14.2. The maximum atomic E-state index is 13.6. The summed E-state index contributed by atoms with van der Waals surface area (Å²) in [7, 11) is 0. The van der Waals surface area contributed by atoms with Gasteiger partial charge in [-0.3, -0.25) is 0 Å². The zero-order valence-electron chi connectivity index (χ0n) is 33.6. The van der Waals surface area contributed by atoms with E-state index in [4.69, 9.17) is 21.1 Å². The van der Waals surface area contributed by atoms with Crippen molar-refractivity contribution in [1.82, 2.24) is 0 Å². The standard InChI is InChI=1S/C54H44ClNO4/c1-5-47(52(55)6-2)49-36-50(53(57)59-7-3)48(35-51(49)54(58)60-8-4)43-27-33-46(34-28-43)56(44-29-23-41(24-30-44)38-17-13-10-14-18-38)45-31-25-42(26-32-45)40-21-19-39(20-22-40)37-15-11-9-12-16-37/h5-6,9-36H,1-2,7-8H2,3-4H3/b52-47-. The molecule has 5 nitrogen and oxygen atoms in total. The largest absolute Gasteiger partial charge is 0.462 e. The van der Waals surface area contributed by atoms with Crippen LogP contribution in [0.15, 0.2) is 200 Å². The summed E-state index contributed by atoms with van der Waals surface area (Å²) in [5, 5.41) is 0.272. The maximum Gasteiger partial charge on any atom is 0.338 e. The van der Waals surface area contributed by atoms with Crippen molar-refractivity contribution < 1.29 is 19.1 Å². The first-order valence-corrected chi connectivity index (χ1v) is 20.2. The van der Waals surface area contributed by atoms with Gasteiger partial charge >= 0.3 is 11.9 Å². The van der Waals surface area contributed by atoms with E-state index in [1.165, 1.54) is 23.3 Å². The fourth-order valence-corrected chi connectivity index (χ4v) is 7.40. The number of anilines is 3. The molecule has 0 unspecified atom stereocenters. The molecule has 0 aromatic heterocycles. The molecule has 7 rings (SSSR count). The highest BCUT2D eigenvalue weighted by Crippen LogP contribution is 2.40. The number of hydrogen-bond donors (Lipinski definition) is 0. The highest BCUT2D eigenvalue weighted by Gasteiger charge is 2.24. The fraction of sp³-hybridized carbons (Fsp3) is 0.0741. The number of carbonyl (C=O) groups excluding carboxylic acids is 2. The van der Waals surface area contributed by atoms with Gasteiger partial charge in [0.2, 0.25) is 0 Å². The van der Waals surface area contributed by atoms with Gasteiger partial charge < -0.3 is 14.4 Å². The molecule has 0 fully saturated rings. The average Bonchev–Trinajstić information content (AvgIpc) is 3.30. The molecule has 0 N–H and O–H groups in total. The predicted molar refractivity (Wildman–Crippen MR) is 248 cm³/mol. The van der Waals surface area contributed by atoms with Crippen molar-refractivity contribution >= 4 is 46.2 Å². The van der Waals surface area contributed by atoms with Gasteiger partial charge in [0.15, 0.2) is 0 Å². The van der Waals surface area contributed by atoms with Crippen molar-refractivity contribution in [3.05, 3.63) is 217 Å². The van der Waals surface area contributed by atoms with Crippen molar-refractivity contribution in [2.75, 3.05) is 18.1 Å². The minimum Gasteiger partial charge on any atom is -0.462 e. The number of ether oxygens (including phenoxy) is 2. The first-order chi connectivity index (χ1) is 29.3. The Kier molecular flexibility index (Phi) is 13.0. The summed E-state index contributed by atoms with van der Waals surface area (Å²) in [6.07, 6.45) is 2.99. The van der Waals surface area contributed by atoms with Crippen LogP contribution in [0.2, 0.25) is 0 Å². The third-order valence-electron chi connectivity index (χ3n) is 10.2. The molecular weight excluding hydrogens is 762 g/mol. The molecule has 0 saturated carbocycles. The van der Waals surface area contributed by atoms with E-state index in [1.54, 1.807) is 26.0 Å². The fourth-order valence-electron chi connectivity index (χ4n) is 7.22. The average molecular weight is 806 g/mol. The van der Waals surface area contributed by atoms with Gasteiger partial charge in [-0.1, -0.05) is 158 Å². The zero-order chi connectivity index (χ0) is 42.0. The lowest BCUT2D eigenvalue weighted by Crippen LogP contribution is -2.13. The van der Waals surface area contributed by atoms with E-state index in [0.717, 1.165) is 39.3 Å². The minimum atomic E-state index is -0.561. The molecule has 6 heteroatoms. The van der Waals surface area contributed by atoms with Crippen LogP contribution < -0.4 is 4.90 Å². The molecule has 60 heavy (non-hydrogen) atoms. The molecular formula is C54H44ClNO4. The topological polar surface area (TPSA) is 55.8 Å². The van der Waals surface area contributed by atoms with Crippen LogP contribution in [0.3, 0.4) is 0 Å². The van der Waals surface area contributed by atoms with E-state index in [2.05, 4.69) is 127 Å². The Bertz CT molecular complexity index is 2650. The monoisotopic (exact) mass is 805 g/mol. The van der Waals surface area contributed by atoms with Crippen LogP contribution in [0.4, 0.5) is 17.1 Å². The van der Waals surface area contributed by atoms with Gasteiger partial charge in [0, 0.05) is 27.7 Å². The first kappa shape index (κ1) is 41.0. The molecule has 296 valence electrons. The summed E-state index contributed by atoms with van der Waals surface area (Å²) in [4.78, 5) is 29.3. The third-order valence-corrected chi connectivity index (χ3v) is 10.6. The Labute approximate surface area is 357 Å². The summed E-state index contributed by atoms with van der Waals surface area (Å²) in [6, 6.07) is 57.5. The Morgan fingerprint density at radius 3 is 1.23 bits per heavy atom. The molecule has 0 saturated heterocycles. The summed E-state index contributed by atoms with van der Waals surface area (Å²) in [5.74, 6) is -1.10. The molecule has 0 spiro atoms. The van der Waals surface area contributed by atoms with E-state index in [1.807, 2.05) is 48.5 Å². The second-order valence-electron chi connectivity index (χ2n) is 13.8. The van der Waals surface area contributed by atoms with E-state index >= 15 is 0 Å². The molecule has 0 aliphatic rings. The van der Waals surface area contributed by atoms with Crippen LogP contribution >= 0.6 is 11.6 Å². The number of esters is 2. The molecule has 7 aromatic rings. The lowest BCUT2D eigenvalue weighted by molar-refractivity contribution is 0.0512. The lowest BCUT2D eigenvalue weighted by atomic mass is 9.90. The predicted octanol–water partition coefficient (Wildman–Crippen LogP) is 14.5. The molecule has 0 radical (unpaired) electrons. The van der Waals surface area contributed by atoms with Crippen LogP contribution in [0.1, 0.15) is 40.1 Å². The number of carbonyl (C=O) groups is 2. The summed E-state index contributed by atoms with van der Waals surface area (Å²) < 4.78 is 11.0. The van der Waals surface area contributed by atoms with Crippen LogP contribution in [0.5, 0.6) is 0 Å². The second kappa shape index (κ2) is 19.0. The number of benzene rings is 7. The van der Waals surface area contributed by atoms with Crippen molar-refractivity contribution in [3.8, 4) is 44.5 Å². The van der Waals surface area contributed by atoms with E-state index in [-0.39, 0.29) is 29.4 Å². The Morgan fingerprint density at radius 2 is 0.850 bits per heavy atom. The van der Waals surface area contributed by atoms with E-state index < -0.39 is 11.9 Å². The molecule has 0 heterocycles. The van der Waals surface area contributed by atoms with Crippen molar-refractivity contribution in [1.29, 1.82) is 0 Å². The number of allylic oxidation sites excluding steroid dienone is 4. The SMILES string of the molecule is C=C/C(Cl)=C(\C=C)c1cc(C(=O)OCC)c(-c2ccc(N(c3ccc(-c4ccccc4)cc3)c3ccc(-c4ccc(-c5ccccc5)cc4)cc3)cc2)cc1C(=O)OCC. The van der Waals surface area contributed by atoms with Gasteiger partial charge in [-0.05, 0) is 112 Å². The highest BCUT2D eigenvalue weighted by molar-refractivity contribution is 6.35. The van der Waals surface area contributed by atoms with Crippen molar-refractivity contribution in [3.63, 3.8) is 0 Å². The van der Waals surface area contributed by atoms with E-state index in [0.29, 0.717) is 22.3 Å². The van der Waals surface area contributed by atoms with Gasteiger partial charge in [-0.2, -0.15) is 0 Å². The molecule has 0 atom stereocenters. The van der Waals surface area contributed by atoms with Gasteiger partial charge in [-0.25, -0.2) is 9.59 Å². The van der Waals surface area contributed by atoms with Gasteiger partial charge in [0.05, 0.1) is 24.3 Å². The smallest absolute Gasteiger partial charge is 0.338 e. The van der Waals surface area contributed by atoms with Crippen LogP contribution in [-0.4, -0.2) is 25.2 Å². The molecule has 0 bridgehead atoms. The molecule has 0 aliphatic carbocycles. The van der Waals surface area contributed by atoms with E-state index in [9.17, 15) is 9.59 Å². The van der Waals surface area contributed by atoms with Crippen LogP contribution in [0, 0.1) is 0 Å². The van der Waals surface area contributed by atoms with Crippen molar-refractivity contribution in [2.24, 2.45) is 0 Å². The van der Waals surface area contributed by atoms with Gasteiger partial charge in [-0.15, -0.1) is 0 Å². The molecule has 7 aromatic carbocycles. The number of halogens is 1. The number of rotatable bonds is 14. The summed E-state index contributed by atoms with van der Waals surface area (Å²) in [6.45, 7) is 11.5. The maximum absolute atomic E-state index is 13.6. The Balaban J connectivity index is 1.30. The van der Waals surface area contributed by atoms with Crippen LogP contribution in [0.25, 0.3) is 50.1 Å². The highest BCUT2D eigenvalue weighted by atomic mass is 35.5. The van der Waals surface area contributed by atoms with Gasteiger partial charge in [0.25, 0.3) is 0 Å². The number of hydrogen-bond acceptors (Lipinski definition) is 5. The zero-order valence-corrected chi connectivity index (χ0v) is 34.4. The van der Waals surface area contributed by atoms with Crippen molar-refractivity contribution in [2.45, 2.75) is 13.8 Å². The summed E-state index contributed by atoms with van der Waals surface area (Å²) in [5.41, 5.74) is 12.2. The quantitative estimate of drug-likeness (QED) is 0.0809. The lowest BCUT2D eigenvalue weighted by Gasteiger charge is -2.26. The number of nitrogens with zero attached hydrogens (tertiary/aromatic N) is 1. The molecule has 0 amide bonds. The minimum absolute atomic E-state index is 0.161. The third kappa shape index (κ3) is 8.92. The summed E-state index contributed by atoms with van der Waals surface area (Å²) >= 11 is 6.54. The Morgan fingerprint density at radius 1 is 0.483 bits per heavy atom.